The van der Waals surface area contributed by atoms with E-state index in [2.05, 4.69) is 4.72 Å². The van der Waals surface area contributed by atoms with Crippen molar-refractivity contribution in [3.8, 4) is 0 Å². The van der Waals surface area contributed by atoms with Gasteiger partial charge in [-0.2, -0.15) is 0 Å². The highest BCUT2D eigenvalue weighted by atomic mass is 32.2. The van der Waals surface area contributed by atoms with Gasteiger partial charge in [-0.25, -0.2) is 13.1 Å². The largest absolute Gasteiger partial charge is 0.396 e. The molecule has 50 valence electrons. The summed E-state index contributed by atoms with van der Waals surface area (Å²) in [6.45, 7) is 0.353. The van der Waals surface area contributed by atoms with Gasteiger partial charge < -0.3 is 5.11 Å². The topological polar surface area (TPSA) is 66.4 Å². The molecule has 0 aliphatic heterocycles. The van der Waals surface area contributed by atoms with Crippen molar-refractivity contribution in [3.05, 3.63) is 0 Å². The maximum absolute atomic E-state index is 9.72. The predicted octanol–water partition coefficient (Wildman–Crippen LogP) is -1.52. The fourth-order valence-corrected chi connectivity index (χ4v) is 0.590. The first-order valence-corrected chi connectivity index (χ1v) is 3.44. The maximum Gasteiger partial charge on any atom is 0.201 e. The lowest BCUT2D eigenvalue weighted by atomic mass is 10.5. The third-order valence-corrected chi connectivity index (χ3v) is 1.06. The Labute approximate surface area is 49.6 Å². The van der Waals surface area contributed by atoms with Crippen LogP contribution < -0.4 is 4.72 Å². The van der Waals surface area contributed by atoms with Crippen LogP contribution in [0.4, 0.5) is 0 Å². The molecule has 0 rings (SSSR count). The number of rotatable bonds is 4. The second kappa shape index (κ2) is 5.02. The first-order chi connectivity index (χ1) is 3.77. The van der Waals surface area contributed by atoms with Crippen LogP contribution in [0.5, 0.6) is 0 Å². The Morgan fingerprint density at radius 2 is 2.12 bits per heavy atom. The van der Waals surface area contributed by atoms with Crippen LogP contribution in [0.1, 0.15) is 6.42 Å². The number of hydrogen-bond acceptors (Lipinski definition) is 3. The molecule has 0 aliphatic rings. The first kappa shape index (κ1) is 7.87. The van der Waals surface area contributed by atoms with E-state index in [0.717, 1.165) is 0 Å². The minimum Gasteiger partial charge on any atom is -0.396 e. The van der Waals surface area contributed by atoms with Gasteiger partial charge in [-0.3, -0.25) is 0 Å². The van der Waals surface area contributed by atoms with Gasteiger partial charge in [0.25, 0.3) is 0 Å². The monoisotopic (exact) mass is 139 g/mol. The van der Waals surface area contributed by atoms with E-state index in [1.165, 1.54) is 0 Å². The molecule has 2 N–H and O–H groups in total. The SMILES string of the molecule is O=[SH](=O)NCCCO. The number of aliphatic hydroxyl groups is 1. The lowest BCUT2D eigenvalue weighted by Gasteiger charge is -1.89. The van der Waals surface area contributed by atoms with E-state index in [0.29, 0.717) is 13.0 Å². The third kappa shape index (κ3) is 5.87. The van der Waals surface area contributed by atoms with E-state index in [-0.39, 0.29) is 6.61 Å². The van der Waals surface area contributed by atoms with Crippen molar-refractivity contribution in [1.82, 2.24) is 4.72 Å². The molecule has 0 spiro atoms. The van der Waals surface area contributed by atoms with E-state index in [1.54, 1.807) is 0 Å². The van der Waals surface area contributed by atoms with E-state index in [4.69, 9.17) is 5.11 Å². The summed E-state index contributed by atoms with van der Waals surface area (Å²) in [7, 11) is -2.47. The van der Waals surface area contributed by atoms with Gasteiger partial charge in [0.05, 0.1) is 0 Å². The van der Waals surface area contributed by atoms with E-state index in [9.17, 15) is 8.42 Å². The smallest absolute Gasteiger partial charge is 0.201 e. The molecule has 0 aromatic carbocycles. The van der Waals surface area contributed by atoms with Crippen LogP contribution in [-0.4, -0.2) is 26.7 Å². The van der Waals surface area contributed by atoms with Crippen molar-refractivity contribution >= 4 is 10.9 Å². The van der Waals surface area contributed by atoms with Gasteiger partial charge in [0.1, 0.15) is 0 Å². The molecule has 0 saturated heterocycles. The molecule has 0 fully saturated rings. The van der Waals surface area contributed by atoms with Crippen molar-refractivity contribution in [3.63, 3.8) is 0 Å². The molecule has 8 heavy (non-hydrogen) atoms. The van der Waals surface area contributed by atoms with E-state index >= 15 is 0 Å². The fraction of sp³-hybridized carbons (Fsp3) is 1.00. The average molecular weight is 139 g/mol. The average Bonchev–Trinajstić information content (AvgIpc) is 1.66. The van der Waals surface area contributed by atoms with Crippen LogP contribution in [0.15, 0.2) is 0 Å². The highest BCUT2D eigenvalue weighted by molar-refractivity contribution is 7.70. The molecule has 0 aliphatic carbocycles. The highest BCUT2D eigenvalue weighted by Crippen LogP contribution is 1.68. The first-order valence-electron chi connectivity index (χ1n) is 2.26. The zero-order valence-electron chi connectivity index (χ0n) is 4.33. The highest BCUT2D eigenvalue weighted by Gasteiger charge is 1.82. The Morgan fingerprint density at radius 1 is 1.50 bits per heavy atom. The summed E-state index contributed by atoms with van der Waals surface area (Å²) in [5.41, 5.74) is 0. The van der Waals surface area contributed by atoms with Gasteiger partial charge in [0, 0.05) is 13.2 Å². The Balaban J connectivity index is 2.94. The van der Waals surface area contributed by atoms with Gasteiger partial charge in [0.2, 0.25) is 10.9 Å². The Morgan fingerprint density at radius 3 is 2.50 bits per heavy atom. The minimum absolute atomic E-state index is 0.0240. The van der Waals surface area contributed by atoms with Gasteiger partial charge in [-0.05, 0) is 6.42 Å². The van der Waals surface area contributed by atoms with Crippen LogP contribution in [0.2, 0.25) is 0 Å². The van der Waals surface area contributed by atoms with Gasteiger partial charge >= 0.3 is 0 Å². The lowest BCUT2D eigenvalue weighted by Crippen LogP contribution is -2.13. The van der Waals surface area contributed by atoms with Crippen LogP contribution in [0.25, 0.3) is 0 Å². The fourth-order valence-electron chi connectivity index (χ4n) is 0.249. The zero-order chi connectivity index (χ0) is 6.41. The number of nitrogens with one attached hydrogen (secondary N) is 1. The van der Waals surface area contributed by atoms with Gasteiger partial charge in [-0.15, -0.1) is 0 Å². The van der Waals surface area contributed by atoms with E-state index in [1.807, 2.05) is 0 Å². The van der Waals surface area contributed by atoms with Crippen LogP contribution in [0.3, 0.4) is 0 Å². The predicted molar refractivity (Wildman–Crippen MR) is 30.0 cm³/mol. The summed E-state index contributed by atoms with van der Waals surface area (Å²) in [6, 6.07) is 0. The summed E-state index contributed by atoms with van der Waals surface area (Å²) < 4.78 is 21.6. The lowest BCUT2D eigenvalue weighted by molar-refractivity contribution is 0.289. The van der Waals surface area contributed by atoms with Crippen molar-refractivity contribution in [2.24, 2.45) is 0 Å². The van der Waals surface area contributed by atoms with Crippen LogP contribution in [-0.2, 0) is 10.9 Å². The second-order valence-electron chi connectivity index (χ2n) is 1.24. The molecule has 4 nitrogen and oxygen atoms in total. The molecule has 0 unspecified atom stereocenters. The molecule has 0 bridgehead atoms. The second-order valence-corrected chi connectivity index (χ2v) is 2.07. The number of thiol groups is 1. The molecular formula is C3H9NO3S. The molecule has 0 heterocycles. The van der Waals surface area contributed by atoms with Crippen molar-refractivity contribution in [2.45, 2.75) is 6.42 Å². The summed E-state index contributed by atoms with van der Waals surface area (Å²) >= 11 is 0. The summed E-state index contributed by atoms with van der Waals surface area (Å²) in [5, 5.41) is 8.14. The molecule has 0 atom stereocenters. The van der Waals surface area contributed by atoms with E-state index < -0.39 is 10.9 Å². The summed E-state index contributed by atoms with van der Waals surface area (Å²) in [4.78, 5) is 0. The Hall–Kier alpha value is -0.130. The van der Waals surface area contributed by atoms with Crippen molar-refractivity contribution < 1.29 is 13.5 Å². The summed E-state index contributed by atoms with van der Waals surface area (Å²) in [5.74, 6) is 0. The molecule has 0 aromatic rings. The minimum atomic E-state index is -2.47. The van der Waals surface area contributed by atoms with Crippen molar-refractivity contribution in [2.75, 3.05) is 13.2 Å². The number of hydrogen-bond donors (Lipinski definition) is 3. The maximum atomic E-state index is 9.72. The van der Waals surface area contributed by atoms with Crippen LogP contribution in [0, 0.1) is 0 Å². The number of aliphatic hydroxyl groups excluding tert-OH is 1. The normalized spacial score (nSPS) is 10.2. The standard InChI is InChI=1S/C3H9NO3S/c5-3-1-2-4-8(6)7/h5,8H,1-3H2,(H,4,6,7). The van der Waals surface area contributed by atoms with Gasteiger partial charge in [0.15, 0.2) is 0 Å². The Kier molecular flexibility index (Phi) is 4.93. The third-order valence-electron chi connectivity index (χ3n) is 0.576. The zero-order valence-corrected chi connectivity index (χ0v) is 5.23. The van der Waals surface area contributed by atoms with Crippen molar-refractivity contribution in [1.29, 1.82) is 0 Å². The quantitative estimate of drug-likeness (QED) is 0.327. The molecule has 0 saturated carbocycles. The molecule has 0 aromatic heterocycles. The molecule has 5 heteroatoms. The summed E-state index contributed by atoms with van der Waals surface area (Å²) in [6.07, 6.45) is 0.476. The van der Waals surface area contributed by atoms with Gasteiger partial charge in [-0.1, -0.05) is 0 Å². The Bertz CT molecular complexity index is 103. The molecule has 0 amide bonds. The van der Waals surface area contributed by atoms with Crippen LogP contribution >= 0.6 is 0 Å². The molecular weight excluding hydrogens is 130 g/mol. The molecule has 0 radical (unpaired) electrons.